The minimum absolute atomic E-state index is 0.500. The van der Waals surface area contributed by atoms with Crippen LogP contribution in [0.2, 0.25) is 0 Å². The summed E-state index contributed by atoms with van der Waals surface area (Å²) >= 11 is 0. The Morgan fingerprint density at radius 1 is 1.20 bits per heavy atom. The van der Waals surface area contributed by atoms with Crippen LogP contribution in [0.5, 0.6) is 0 Å². The molecule has 0 unspecified atom stereocenters. The summed E-state index contributed by atoms with van der Waals surface area (Å²) in [7, 11) is -5.34. The van der Waals surface area contributed by atoms with Crippen molar-refractivity contribution in [3.63, 3.8) is 0 Å². The zero-order chi connectivity index (χ0) is 9.00. The molecule has 0 amide bonds. The lowest BCUT2D eigenvalue weighted by atomic mass is 11.6. The Hall–Kier alpha value is -0.370. The highest BCUT2D eigenvalue weighted by Gasteiger charge is 2.44. The average Bonchev–Trinajstić information content (AvgIpc) is 1.66. The molecule has 0 saturated carbocycles. The first-order valence-corrected chi connectivity index (χ1v) is 3.11. The van der Waals surface area contributed by atoms with Gasteiger partial charge < -0.3 is 0 Å². The van der Waals surface area contributed by atoms with Crippen molar-refractivity contribution in [2.45, 2.75) is 5.51 Å². The number of alkyl halides is 4. The van der Waals surface area contributed by atoms with Crippen LogP contribution in [-0.2, 0) is 10.1 Å². The van der Waals surface area contributed by atoms with Crippen molar-refractivity contribution in [3.8, 4) is 0 Å². The first-order valence-electron chi connectivity index (χ1n) is 1.66. The maximum absolute atomic E-state index is 10.7. The van der Waals surface area contributed by atoms with Crippen molar-refractivity contribution in [1.29, 1.82) is 0 Å². The molecule has 0 spiro atoms. The van der Waals surface area contributed by atoms with Crippen LogP contribution in [0.15, 0.2) is 0 Å². The van der Waals surface area contributed by atoms with E-state index in [1.165, 1.54) is 0 Å². The molecule has 0 aromatic rings. The van der Waals surface area contributed by atoms with Gasteiger partial charge in [-0.2, -0.15) is 21.6 Å². The summed E-state index contributed by atoms with van der Waals surface area (Å²) < 4.78 is 67.0. The van der Waals surface area contributed by atoms with Crippen LogP contribution in [0.4, 0.5) is 17.6 Å². The van der Waals surface area contributed by atoms with E-state index in [0.717, 1.165) is 0 Å². The summed E-state index contributed by atoms with van der Waals surface area (Å²) in [5, 5.41) is 0. The highest BCUT2D eigenvalue weighted by atomic mass is 32.2. The molecule has 0 atom stereocenters. The fraction of sp³-hybridized carbons (Fsp3) is 1.00. The van der Waals surface area contributed by atoms with Crippen molar-refractivity contribution >= 4 is 10.1 Å². The Morgan fingerprint density at radius 2 is 1.30 bits per heavy atom. The van der Waals surface area contributed by atoms with Gasteiger partial charge in [0.25, 0.3) is 0 Å². The molecule has 0 bridgehead atoms. The largest absolute Gasteiger partial charge is 0.522 e. The van der Waals surface area contributed by atoms with Crippen LogP contribution in [-0.4, -0.2) is 25.7 Å². The molecule has 64 valence electrons. The number of halogens is 4. The van der Waals surface area contributed by atoms with Gasteiger partial charge in [0.05, 0.1) is 7.18 Å². The molecule has 3 nitrogen and oxygen atoms in total. The second-order valence-corrected chi connectivity index (χ2v) is 2.33. The van der Waals surface area contributed by atoms with Gasteiger partial charge in [0.1, 0.15) is 0 Å². The van der Waals surface area contributed by atoms with Crippen LogP contribution in [0.3, 0.4) is 0 Å². The van der Waals surface area contributed by atoms with Crippen LogP contribution in [0, 0.1) is 0 Å². The standard InChI is InChI=1S/CHF3O3S.CH3F/c2-1(3,4)8(5,6)7;1-2/h(H,5,6,7);1H3/i;2-1. The topological polar surface area (TPSA) is 54.4 Å². The molecule has 0 aliphatic rings. The van der Waals surface area contributed by atoms with Gasteiger partial charge in [0, 0.05) is 0 Å². The lowest BCUT2D eigenvalue weighted by molar-refractivity contribution is -0.0510. The highest BCUT2D eigenvalue weighted by molar-refractivity contribution is 7.86. The SMILES string of the molecule is C[18F].O=S(=O)(O)C(F)(F)F. The van der Waals surface area contributed by atoms with Gasteiger partial charge in [-0.25, -0.2) is 0 Å². The third kappa shape index (κ3) is 4.50. The van der Waals surface area contributed by atoms with Crippen molar-refractivity contribution in [3.05, 3.63) is 0 Å². The summed E-state index contributed by atoms with van der Waals surface area (Å²) in [5.74, 6) is 0. The van der Waals surface area contributed by atoms with E-state index in [4.69, 9.17) is 13.0 Å². The third-order valence-electron chi connectivity index (χ3n) is 0.292. The molecule has 0 aromatic carbocycles. The summed E-state index contributed by atoms with van der Waals surface area (Å²) in [6.45, 7) is 0. The molecule has 0 saturated heterocycles. The fourth-order valence-corrected chi connectivity index (χ4v) is 0. The third-order valence-corrected chi connectivity index (χ3v) is 0.877. The molecule has 0 rings (SSSR count). The molecule has 10 heavy (non-hydrogen) atoms. The molecule has 0 aliphatic heterocycles. The Morgan fingerprint density at radius 3 is 1.30 bits per heavy atom. The zero-order valence-corrected chi connectivity index (χ0v) is 5.50. The second kappa shape index (κ2) is 3.71. The van der Waals surface area contributed by atoms with Gasteiger partial charge >= 0.3 is 15.6 Å². The van der Waals surface area contributed by atoms with Gasteiger partial charge in [0.15, 0.2) is 0 Å². The maximum atomic E-state index is 10.7. The van der Waals surface area contributed by atoms with Gasteiger partial charge in [-0.3, -0.25) is 8.94 Å². The molecule has 0 heterocycles. The van der Waals surface area contributed by atoms with Gasteiger partial charge in [-0.1, -0.05) is 0 Å². The van der Waals surface area contributed by atoms with E-state index in [9.17, 15) is 17.6 Å². The van der Waals surface area contributed by atoms with E-state index >= 15 is 0 Å². The van der Waals surface area contributed by atoms with Crippen LogP contribution < -0.4 is 0 Å². The smallest absolute Gasteiger partial charge is 0.279 e. The first-order chi connectivity index (χ1) is 4.25. The van der Waals surface area contributed by atoms with Crippen LogP contribution in [0.1, 0.15) is 0 Å². The molecule has 0 aliphatic carbocycles. The van der Waals surface area contributed by atoms with Crippen LogP contribution in [0.25, 0.3) is 0 Å². The molecule has 0 fully saturated rings. The fourth-order valence-electron chi connectivity index (χ4n) is 0. The zero-order valence-electron chi connectivity index (χ0n) is 4.68. The first kappa shape index (κ1) is 12.3. The highest BCUT2D eigenvalue weighted by Crippen LogP contribution is 2.20. The Balaban J connectivity index is 0. The van der Waals surface area contributed by atoms with E-state index in [1.807, 2.05) is 0 Å². The number of rotatable bonds is 0. The molecular weight excluding hydrogens is 179 g/mol. The van der Waals surface area contributed by atoms with Gasteiger partial charge in [-0.05, 0) is 0 Å². The minimum atomic E-state index is -5.84. The van der Waals surface area contributed by atoms with E-state index in [2.05, 4.69) is 0 Å². The predicted molar refractivity (Wildman–Crippen MR) is 24.6 cm³/mol. The minimum Gasteiger partial charge on any atom is -0.279 e. The van der Waals surface area contributed by atoms with Crippen molar-refractivity contribution in [1.82, 2.24) is 0 Å². The lowest BCUT2D eigenvalue weighted by Crippen LogP contribution is -2.21. The Labute approximate surface area is 54.4 Å². The van der Waals surface area contributed by atoms with E-state index in [1.54, 1.807) is 0 Å². The van der Waals surface area contributed by atoms with E-state index in [0.29, 0.717) is 7.18 Å². The number of hydrogen-bond acceptors (Lipinski definition) is 2. The lowest BCUT2D eigenvalue weighted by Gasteiger charge is -1.97. The summed E-state index contributed by atoms with van der Waals surface area (Å²) in [6.07, 6.45) is 0. The Bertz CT molecular complexity index is 167. The molecule has 8 heteroatoms. The Kier molecular flexibility index (Phi) is 4.58. The predicted octanol–water partition coefficient (Wildman–Crippen LogP) is 0.980. The summed E-state index contributed by atoms with van der Waals surface area (Å²) in [6, 6.07) is 0. The van der Waals surface area contributed by atoms with E-state index in [-0.39, 0.29) is 0 Å². The molecule has 0 aromatic heterocycles. The second-order valence-electron chi connectivity index (χ2n) is 0.921. The summed E-state index contributed by atoms with van der Waals surface area (Å²) in [4.78, 5) is 0. The van der Waals surface area contributed by atoms with Gasteiger partial charge in [-0.15, -0.1) is 0 Å². The van der Waals surface area contributed by atoms with E-state index < -0.39 is 15.6 Å². The van der Waals surface area contributed by atoms with Gasteiger partial charge in [0.2, 0.25) is 0 Å². The maximum Gasteiger partial charge on any atom is 0.522 e. The molecule has 0 radical (unpaired) electrons. The quantitative estimate of drug-likeness (QED) is 0.346. The molecular formula is C2H4F4O3S. The number of hydrogen-bond donors (Lipinski definition) is 1. The monoisotopic (exact) mass is 183 g/mol. The summed E-state index contributed by atoms with van der Waals surface area (Å²) in [5.41, 5.74) is -5.53. The van der Waals surface area contributed by atoms with Crippen molar-refractivity contribution < 1.29 is 30.5 Å². The normalized spacial score (nSPS) is 11.8. The van der Waals surface area contributed by atoms with Crippen molar-refractivity contribution in [2.75, 3.05) is 7.18 Å². The average molecular weight is 183 g/mol. The van der Waals surface area contributed by atoms with Crippen molar-refractivity contribution in [2.24, 2.45) is 0 Å². The molecule has 1 N–H and O–H groups in total. The van der Waals surface area contributed by atoms with Crippen LogP contribution >= 0.6 is 0 Å².